The van der Waals surface area contributed by atoms with Crippen molar-refractivity contribution < 1.29 is 9.53 Å². The largest absolute Gasteiger partial charge is 0.469 e. The molecule has 0 aromatic heterocycles. The molecule has 0 radical (unpaired) electrons. The number of hydrogen-bond donors (Lipinski definition) is 1. The Hall–Kier alpha value is -1.00. The molecule has 1 aromatic rings. The Bertz CT molecular complexity index is 338. The van der Waals surface area contributed by atoms with E-state index in [2.05, 4.69) is 41.2 Å². The molecule has 0 saturated carbocycles. The van der Waals surface area contributed by atoms with E-state index < -0.39 is 0 Å². The van der Waals surface area contributed by atoms with E-state index in [1.807, 2.05) is 11.8 Å². The normalized spacial score (nSPS) is 10.2. The number of carbonyl (C=O) groups is 1. The zero-order chi connectivity index (χ0) is 12.5. The summed E-state index contributed by atoms with van der Waals surface area (Å²) in [5.41, 5.74) is 1.23. The van der Waals surface area contributed by atoms with E-state index in [0.717, 1.165) is 12.3 Å². The molecule has 4 heteroatoms. The number of ether oxygens (including phenoxy) is 1. The van der Waals surface area contributed by atoms with Gasteiger partial charge in [0.1, 0.15) is 0 Å². The van der Waals surface area contributed by atoms with Gasteiger partial charge in [0.05, 0.1) is 13.5 Å². The molecular formula is C13H19NO2S. The standard InChI is InChI=1S/C13H19NO2S/c1-3-17-12-6-4-11(5-7-12)10-14-9-8-13(15)16-2/h4-7,14H,3,8-10H2,1-2H3. The Balaban J connectivity index is 2.25. The first-order chi connectivity index (χ1) is 8.26. The summed E-state index contributed by atoms with van der Waals surface area (Å²) in [5, 5.41) is 3.21. The summed E-state index contributed by atoms with van der Waals surface area (Å²) in [4.78, 5) is 12.2. The van der Waals surface area contributed by atoms with Crippen LogP contribution in [0.15, 0.2) is 29.2 Å². The average molecular weight is 253 g/mol. The molecule has 0 bridgehead atoms. The number of nitrogens with one attached hydrogen (secondary N) is 1. The quantitative estimate of drug-likeness (QED) is 0.460. The number of carbonyl (C=O) groups excluding carboxylic acids is 1. The SMILES string of the molecule is CCSc1ccc(CNCCC(=O)OC)cc1. The highest BCUT2D eigenvalue weighted by Gasteiger charge is 1.99. The van der Waals surface area contributed by atoms with Crippen molar-refractivity contribution in [2.24, 2.45) is 0 Å². The fourth-order valence-electron chi connectivity index (χ4n) is 1.40. The molecule has 0 spiro atoms. The van der Waals surface area contributed by atoms with Crippen molar-refractivity contribution in [3.63, 3.8) is 0 Å². The summed E-state index contributed by atoms with van der Waals surface area (Å²) < 4.78 is 4.56. The van der Waals surface area contributed by atoms with Gasteiger partial charge in [-0.3, -0.25) is 4.79 Å². The third kappa shape index (κ3) is 5.75. The van der Waals surface area contributed by atoms with Crippen LogP contribution in [0.2, 0.25) is 0 Å². The van der Waals surface area contributed by atoms with Crippen LogP contribution in [-0.2, 0) is 16.1 Å². The van der Waals surface area contributed by atoms with Gasteiger partial charge in [-0.2, -0.15) is 0 Å². The Morgan fingerprint density at radius 3 is 2.65 bits per heavy atom. The molecule has 1 aromatic carbocycles. The summed E-state index contributed by atoms with van der Waals surface area (Å²) >= 11 is 1.84. The number of rotatable bonds is 7. The highest BCUT2D eigenvalue weighted by Crippen LogP contribution is 2.17. The molecule has 0 aliphatic carbocycles. The van der Waals surface area contributed by atoms with E-state index in [1.54, 1.807) is 0 Å². The highest BCUT2D eigenvalue weighted by atomic mass is 32.2. The van der Waals surface area contributed by atoms with Crippen LogP contribution in [0, 0.1) is 0 Å². The van der Waals surface area contributed by atoms with E-state index in [9.17, 15) is 4.79 Å². The van der Waals surface area contributed by atoms with Crippen molar-refractivity contribution >= 4 is 17.7 Å². The first kappa shape index (κ1) is 14.1. The second-order valence-electron chi connectivity index (χ2n) is 3.58. The third-order valence-corrected chi connectivity index (χ3v) is 3.19. The molecule has 0 heterocycles. The van der Waals surface area contributed by atoms with Crippen molar-refractivity contribution in [1.82, 2.24) is 5.32 Å². The monoisotopic (exact) mass is 253 g/mol. The van der Waals surface area contributed by atoms with Crippen LogP contribution in [0.5, 0.6) is 0 Å². The number of hydrogen-bond acceptors (Lipinski definition) is 4. The minimum Gasteiger partial charge on any atom is -0.469 e. The minimum atomic E-state index is -0.174. The van der Waals surface area contributed by atoms with Crippen molar-refractivity contribution in [2.45, 2.75) is 24.8 Å². The molecule has 0 saturated heterocycles. The second kappa shape index (κ2) is 8.14. The topological polar surface area (TPSA) is 38.3 Å². The first-order valence-corrected chi connectivity index (χ1v) is 6.74. The summed E-state index contributed by atoms with van der Waals surface area (Å²) in [5.74, 6) is 0.920. The lowest BCUT2D eigenvalue weighted by Gasteiger charge is -2.05. The van der Waals surface area contributed by atoms with Gasteiger partial charge in [-0.25, -0.2) is 0 Å². The molecule has 94 valence electrons. The van der Waals surface area contributed by atoms with Crippen molar-refractivity contribution in [3.05, 3.63) is 29.8 Å². The third-order valence-electron chi connectivity index (χ3n) is 2.30. The zero-order valence-corrected chi connectivity index (χ0v) is 11.2. The number of benzene rings is 1. The summed E-state index contributed by atoms with van der Waals surface area (Å²) in [6, 6.07) is 8.49. The molecule has 1 rings (SSSR count). The van der Waals surface area contributed by atoms with E-state index >= 15 is 0 Å². The second-order valence-corrected chi connectivity index (χ2v) is 4.92. The lowest BCUT2D eigenvalue weighted by Crippen LogP contribution is -2.18. The van der Waals surface area contributed by atoms with Gasteiger partial charge in [-0.15, -0.1) is 11.8 Å². The Kier molecular flexibility index (Phi) is 6.74. The summed E-state index contributed by atoms with van der Waals surface area (Å²) in [6.07, 6.45) is 0.417. The van der Waals surface area contributed by atoms with Crippen molar-refractivity contribution in [1.29, 1.82) is 0 Å². The molecule has 1 N–H and O–H groups in total. The maximum absolute atomic E-state index is 10.9. The van der Waals surface area contributed by atoms with E-state index in [1.165, 1.54) is 17.6 Å². The molecule has 0 aliphatic rings. The van der Waals surface area contributed by atoms with Gasteiger partial charge in [-0.05, 0) is 23.4 Å². The van der Waals surface area contributed by atoms with E-state index in [-0.39, 0.29) is 5.97 Å². The maximum atomic E-state index is 10.9. The van der Waals surface area contributed by atoms with Crippen molar-refractivity contribution in [2.75, 3.05) is 19.4 Å². The number of methoxy groups -OCH3 is 1. The Morgan fingerprint density at radius 2 is 2.06 bits per heavy atom. The predicted molar refractivity (Wildman–Crippen MR) is 71.2 cm³/mol. The van der Waals surface area contributed by atoms with Crippen LogP contribution in [-0.4, -0.2) is 25.4 Å². The van der Waals surface area contributed by atoms with Gasteiger partial charge in [0.15, 0.2) is 0 Å². The highest BCUT2D eigenvalue weighted by molar-refractivity contribution is 7.99. The number of thioether (sulfide) groups is 1. The lowest BCUT2D eigenvalue weighted by molar-refractivity contribution is -0.140. The molecular weight excluding hydrogens is 234 g/mol. The van der Waals surface area contributed by atoms with Crippen LogP contribution >= 0.6 is 11.8 Å². The van der Waals surface area contributed by atoms with Crippen molar-refractivity contribution in [3.8, 4) is 0 Å². The fraction of sp³-hybridized carbons (Fsp3) is 0.462. The summed E-state index contributed by atoms with van der Waals surface area (Å²) in [6.45, 7) is 3.58. The zero-order valence-electron chi connectivity index (χ0n) is 10.4. The molecule has 17 heavy (non-hydrogen) atoms. The fourth-order valence-corrected chi connectivity index (χ4v) is 2.06. The van der Waals surface area contributed by atoms with Gasteiger partial charge in [0.2, 0.25) is 0 Å². The molecule has 0 aliphatic heterocycles. The first-order valence-electron chi connectivity index (χ1n) is 5.75. The average Bonchev–Trinajstić information content (AvgIpc) is 2.36. The van der Waals surface area contributed by atoms with E-state index in [0.29, 0.717) is 13.0 Å². The molecule has 3 nitrogen and oxygen atoms in total. The Labute approximate surface area is 107 Å². The maximum Gasteiger partial charge on any atom is 0.306 e. The molecule has 0 amide bonds. The minimum absolute atomic E-state index is 0.174. The predicted octanol–water partition coefficient (Wildman–Crippen LogP) is 2.45. The smallest absolute Gasteiger partial charge is 0.306 e. The van der Waals surface area contributed by atoms with Gasteiger partial charge in [0.25, 0.3) is 0 Å². The molecule has 0 atom stereocenters. The van der Waals surface area contributed by atoms with Crippen LogP contribution in [0.1, 0.15) is 18.9 Å². The van der Waals surface area contributed by atoms with Crippen LogP contribution < -0.4 is 5.32 Å². The van der Waals surface area contributed by atoms with E-state index in [4.69, 9.17) is 0 Å². The number of esters is 1. The van der Waals surface area contributed by atoms with Gasteiger partial charge in [0, 0.05) is 18.0 Å². The van der Waals surface area contributed by atoms with Gasteiger partial charge < -0.3 is 10.1 Å². The Morgan fingerprint density at radius 1 is 1.35 bits per heavy atom. The molecule has 0 fully saturated rings. The van der Waals surface area contributed by atoms with Crippen LogP contribution in [0.25, 0.3) is 0 Å². The molecule has 0 unspecified atom stereocenters. The lowest BCUT2D eigenvalue weighted by atomic mass is 10.2. The van der Waals surface area contributed by atoms with Crippen LogP contribution in [0.4, 0.5) is 0 Å². The summed E-state index contributed by atoms with van der Waals surface area (Å²) in [7, 11) is 1.41. The van der Waals surface area contributed by atoms with Gasteiger partial charge >= 0.3 is 5.97 Å². The van der Waals surface area contributed by atoms with Crippen LogP contribution in [0.3, 0.4) is 0 Å². The van der Waals surface area contributed by atoms with Gasteiger partial charge in [-0.1, -0.05) is 19.1 Å².